The summed E-state index contributed by atoms with van der Waals surface area (Å²) < 4.78 is 11.0. The van der Waals surface area contributed by atoms with Crippen LogP contribution in [0.5, 0.6) is 5.75 Å². The van der Waals surface area contributed by atoms with Gasteiger partial charge in [-0.2, -0.15) is 0 Å². The van der Waals surface area contributed by atoms with E-state index in [0.29, 0.717) is 29.0 Å². The number of hydrogen-bond acceptors (Lipinski definition) is 4. The van der Waals surface area contributed by atoms with Crippen LogP contribution in [0.1, 0.15) is 17.2 Å². The van der Waals surface area contributed by atoms with Crippen LogP contribution in [0.25, 0.3) is 0 Å². The van der Waals surface area contributed by atoms with Crippen molar-refractivity contribution in [1.29, 1.82) is 0 Å². The van der Waals surface area contributed by atoms with E-state index >= 15 is 0 Å². The van der Waals surface area contributed by atoms with Crippen molar-refractivity contribution in [3.63, 3.8) is 0 Å². The van der Waals surface area contributed by atoms with Crippen LogP contribution in [0.2, 0.25) is 10.0 Å². The van der Waals surface area contributed by atoms with Gasteiger partial charge in [-0.05, 0) is 30.7 Å². The van der Waals surface area contributed by atoms with Gasteiger partial charge < -0.3 is 14.8 Å². The van der Waals surface area contributed by atoms with E-state index in [1.165, 1.54) is 5.56 Å². The van der Waals surface area contributed by atoms with Crippen LogP contribution >= 0.6 is 23.2 Å². The maximum Gasteiger partial charge on any atom is 0.258 e. The molecule has 0 unspecified atom stereocenters. The quantitative estimate of drug-likeness (QED) is 0.735. The van der Waals surface area contributed by atoms with Gasteiger partial charge in [0.2, 0.25) is 0 Å². The topological polar surface area (TPSA) is 50.8 Å². The van der Waals surface area contributed by atoms with Crippen LogP contribution in [0.3, 0.4) is 0 Å². The number of benzene rings is 2. The average molecular weight is 423 g/mol. The number of hydrogen-bond donors (Lipinski definition) is 1. The third-order valence-corrected chi connectivity index (χ3v) is 5.14. The number of nitrogens with one attached hydrogen (secondary N) is 1. The highest BCUT2D eigenvalue weighted by Crippen LogP contribution is 2.27. The molecule has 1 amide bonds. The lowest BCUT2D eigenvalue weighted by Gasteiger charge is -2.31. The number of carbonyl (C=O) groups is 1. The Morgan fingerprint density at radius 2 is 1.89 bits per heavy atom. The van der Waals surface area contributed by atoms with Crippen LogP contribution in [0, 0.1) is 6.92 Å². The van der Waals surface area contributed by atoms with Crippen LogP contribution in [-0.4, -0.2) is 50.3 Å². The molecule has 2 aromatic carbocycles. The molecule has 1 heterocycles. The van der Waals surface area contributed by atoms with E-state index in [1.54, 1.807) is 18.2 Å². The fraction of sp³-hybridized carbons (Fsp3) is 0.381. The van der Waals surface area contributed by atoms with Gasteiger partial charge in [-0.1, -0.05) is 53.0 Å². The highest BCUT2D eigenvalue weighted by molar-refractivity contribution is 6.35. The Morgan fingerprint density at radius 3 is 2.57 bits per heavy atom. The van der Waals surface area contributed by atoms with Gasteiger partial charge in [0, 0.05) is 24.7 Å². The number of aryl methyl sites for hydroxylation is 1. The lowest BCUT2D eigenvalue weighted by atomic mass is 10.0. The summed E-state index contributed by atoms with van der Waals surface area (Å²) in [5.41, 5.74) is 2.25. The summed E-state index contributed by atoms with van der Waals surface area (Å²) in [6, 6.07) is 13.0. The predicted octanol–water partition coefficient (Wildman–Crippen LogP) is 3.87. The zero-order valence-corrected chi connectivity index (χ0v) is 17.3. The van der Waals surface area contributed by atoms with Crippen molar-refractivity contribution < 1.29 is 14.3 Å². The van der Waals surface area contributed by atoms with Crippen molar-refractivity contribution in [3.8, 4) is 5.75 Å². The Morgan fingerprint density at radius 1 is 1.18 bits per heavy atom. The molecule has 1 saturated heterocycles. The molecular formula is C21H24Cl2N2O3. The normalized spacial score (nSPS) is 15.8. The van der Waals surface area contributed by atoms with Crippen molar-refractivity contribution in [2.45, 2.75) is 13.0 Å². The molecule has 2 aromatic rings. The largest absolute Gasteiger partial charge is 0.482 e. The molecule has 1 atom stereocenters. The number of halogens is 2. The minimum atomic E-state index is -0.204. The lowest BCUT2D eigenvalue weighted by Crippen LogP contribution is -2.44. The Bertz CT molecular complexity index is 793. The van der Waals surface area contributed by atoms with E-state index in [0.717, 1.165) is 25.2 Å². The number of amides is 1. The summed E-state index contributed by atoms with van der Waals surface area (Å²) in [6.07, 6.45) is 0. The monoisotopic (exact) mass is 422 g/mol. The highest BCUT2D eigenvalue weighted by Gasteiger charge is 2.20. The SMILES string of the molecule is Cc1ccc([C@@H](CN2CCOCC2)NC(=O)COc2ccc(Cl)cc2Cl)cc1. The van der Waals surface area contributed by atoms with Crippen molar-refractivity contribution in [3.05, 3.63) is 63.6 Å². The second-order valence-electron chi connectivity index (χ2n) is 6.81. The van der Waals surface area contributed by atoms with Crippen LogP contribution in [0.15, 0.2) is 42.5 Å². The maximum absolute atomic E-state index is 12.5. The van der Waals surface area contributed by atoms with Gasteiger partial charge in [-0.25, -0.2) is 0 Å². The molecule has 28 heavy (non-hydrogen) atoms. The molecule has 150 valence electrons. The van der Waals surface area contributed by atoms with E-state index in [9.17, 15) is 4.79 Å². The summed E-state index contributed by atoms with van der Waals surface area (Å²) >= 11 is 12.0. The Labute approximate surface area is 175 Å². The molecule has 0 saturated carbocycles. The summed E-state index contributed by atoms with van der Waals surface area (Å²) in [5.74, 6) is 0.228. The maximum atomic E-state index is 12.5. The summed E-state index contributed by atoms with van der Waals surface area (Å²) in [7, 11) is 0. The Balaban J connectivity index is 1.63. The lowest BCUT2D eigenvalue weighted by molar-refractivity contribution is -0.124. The molecule has 5 nitrogen and oxygen atoms in total. The first-order valence-corrected chi connectivity index (χ1v) is 10.0. The molecule has 0 spiro atoms. The summed E-state index contributed by atoms with van der Waals surface area (Å²) in [6.45, 7) is 5.79. The first-order valence-electron chi connectivity index (χ1n) is 9.25. The molecule has 1 N–H and O–H groups in total. The molecule has 1 aliphatic rings. The van der Waals surface area contributed by atoms with Gasteiger partial charge in [0.25, 0.3) is 5.91 Å². The minimum absolute atomic E-state index is 0.118. The smallest absolute Gasteiger partial charge is 0.258 e. The Kier molecular flexibility index (Phi) is 7.57. The zero-order valence-electron chi connectivity index (χ0n) is 15.8. The van der Waals surface area contributed by atoms with Crippen molar-refractivity contribution in [1.82, 2.24) is 10.2 Å². The van der Waals surface area contributed by atoms with E-state index in [-0.39, 0.29) is 18.6 Å². The minimum Gasteiger partial charge on any atom is -0.482 e. The first kappa shape index (κ1) is 20.9. The number of ether oxygens (including phenoxy) is 2. The third-order valence-electron chi connectivity index (χ3n) is 4.61. The molecule has 3 rings (SSSR count). The molecule has 1 fully saturated rings. The van der Waals surface area contributed by atoms with Gasteiger partial charge in [0.15, 0.2) is 6.61 Å². The second kappa shape index (κ2) is 10.1. The zero-order chi connectivity index (χ0) is 19.9. The predicted molar refractivity (Wildman–Crippen MR) is 111 cm³/mol. The standard InChI is InChI=1S/C21H24Cl2N2O3/c1-15-2-4-16(5-3-15)19(13-25-8-10-27-11-9-25)24-21(26)14-28-20-7-6-17(22)12-18(20)23/h2-7,12,19H,8-11,13-14H2,1H3,(H,24,26)/t19-/m1/s1. The van der Waals surface area contributed by atoms with E-state index in [2.05, 4.69) is 34.5 Å². The van der Waals surface area contributed by atoms with Crippen molar-refractivity contribution in [2.24, 2.45) is 0 Å². The Hall–Kier alpha value is -1.79. The third kappa shape index (κ3) is 6.11. The van der Waals surface area contributed by atoms with Crippen molar-refractivity contribution in [2.75, 3.05) is 39.5 Å². The molecular weight excluding hydrogens is 399 g/mol. The number of morpholine rings is 1. The van der Waals surface area contributed by atoms with Crippen LogP contribution in [-0.2, 0) is 9.53 Å². The van der Waals surface area contributed by atoms with Crippen LogP contribution < -0.4 is 10.1 Å². The van der Waals surface area contributed by atoms with E-state index in [4.69, 9.17) is 32.7 Å². The average Bonchev–Trinajstić information content (AvgIpc) is 2.68. The molecule has 0 aliphatic carbocycles. The van der Waals surface area contributed by atoms with Gasteiger partial charge >= 0.3 is 0 Å². The fourth-order valence-corrected chi connectivity index (χ4v) is 3.51. The van der Waals surface area contributed by atoms with Crippen molar-refractivity contribution >= 4 is 29.1 Å². The molecule has 0 radical (unpaired) electrons. The first-order chi connectivity index (χ1) is 13.5. The number of nitrogens with zero attached hydrogens (tertiary/aromatic N) is 1. The van der Waals surface area contributed by atoms with Gasteiger partial charge in [-0.3, -0.25) is 9.69 Å². The highest BCUT2D eigenvalue weighted by atomic mass is 35.5. The molecule has 7 heteroatoms. The second-order valence-corrected chi connectivity index (χ2v) is 7.65. The number of carbonyl (C=O) groups excluding carboxylic acids is 1. The number of rotatable bonds is 7. The van der Waals surface area contributed by atoms with Crippen LogP contribution in [0.4, 0.5) is 0 Å². The van der Waals surface area contributed by atoms with E-state index < -0.39 is 0 Å². The van der Waals surface area contributed by atoms with E-state index in [1.807, 2.05) is 6.92 Å². The molecule has 0 aromatic heterocycles. The molecule has 1 aliphatic heterocycles. The summed E-state index contributed by atoms with van der Waals surface area (Å²) in [5, 5.41) is 3.98. The van der Waals surface area contributed by atoms with Gasteiger partial charge in [0.05, 0.1) is 24.3 Å². The van der Waals surface area contributed by atoms with Gasteiger partial charge in [-0.15, -0.1) is 0 Å². The van der Waals surface area contributed by atoms with Gasteiger partial charge in [0.1, 0.15) is 5.75 Å². The molecule has 0 bridgehead atoms. The fourth-order valence-electron chi connectivity index (χ4n) is 3.05. The summed E-state index contributed by atoms with van der Waals surface area (Å²) in [4.78, 5) is 14.8.